The van der Waals surface area contributed by atoms with Crippen LogP contribution in [0.4, 0.5) is 4.39 Å². The second kappa shape index (κ2) is 8.03. The summed E-state index contributed by atoms with van der Waals surface area (Å²) in [6.45, 7) is 0. The number of amides is 2. The van der Waals surface area contributed by atoms with Crippen LogP contribution in [0.5, 0.6) is 0 Å². The zero-order valence-electron chi connectivity index (χ0n) is 14.8. The largest absolute Gasteiger partial charge is 0.423 e. The predicted octanol–water partition coefficient (Wildman–Crippen LogP) is 3.68. The van der Waals surface area contributed by atoms with Gasteiger partial charge in [-0.3, -0.25) is 20.4 Å². The quantitative estimate of drug-likeness (QED) is 0.502. The van der Waals surface area contributed by atoms with Crippen molar-refractivity contribution in [2.45, 2.75) is 0 Å². The normalized spacial score (nSPS) is 10.5. The van der Waals surface area contributed by atoms with E-state index in [1.54, 1.807) is 48.5 Å². The fourth-order valence-corrected chi connectivity index (χ4v) is 3.48. The van der Waals surface area contributed by atoms with Crippen LogP contribution in [0, 0.1) is 5.82 Å². The van der Waals surface area contributed by atoms with Gasteiger partial charge in [0.15, 0.2) is 0 Å². The van der Waals surface area contributed by atoms with Crippen LogP contribution in [-0.4, -0.2) is 22.0 Å². The maximum atomic E-state index is 13.0. The summed E-state index contributed by atoms with van der Waals surface area (Å²) in [4.78, 5) is 25.9. The minimum absolute atomic E-state index is 0.288. The van der Waals surface area contributed by atoms with Crippen molar-refractivity contribution in [2.75, 3.05) is 0 Å². The van der Waals surface area contributed by atoms with Gasteiger partial charge in [-0.2, -0.15) is 0 Å². The zero-order chi connectivity index (χ0) is 20.2. The number of rotatable bonds is 4. The Balaban J connectivity index is 1.40. The lowest BCUT2D eigenvalue weighted by atomic mass is 10.1. The van der Waals surface area contributed by atoms with Crippen molar-refractivity contribution in [3.8, 4) is 21.9 Å². The fourth-order valence-electron chi connectivity index (χ4n) is 2.57. The molecule has 9 heteroatoms. The lowest BCUT2D eigenvalue weighted by molar-refractivity contribution is 0.0849. The van der Waals surface area contributed by atoms with Gasteiger partial charge < -0.3 is 4.42 Å². The van der Waals surface area contributed by atoms with E-state index in [0.717, 1.165) is 10.4 Å². The summed E-state index contributed by atoms with van der Waals surface area (Å²) in [6.07, 6.45) is 1.20. The smallest absolute Gasteiger partial charge is 0.279 e. The standard InChI is InChI=1S/C20H13FN4O3S/c21-15-6-4-12(5-7-15)16-8-9-17(29-16)19(27)24-23-18(26)13-2-1-3-14(10-13)20-25-22-11-28-20/h1-11H,(H,23,26)(H,24,27). The molecular weight excluding hydrogens is 395 g/mol. The highest BCUT2D eigenvalue weighted by Crippen LogP contribution is 2.28. The Morgan fingerprint density at radius 2 is 1.72 bits per heavy atom. The minimum atomic E-state index is -0.491. The molecule has 0 saturated carbocycles. The van der Waals surface area contributed by atoms with Crippen LogP contribution in [-0.2, 0) is 0 Å². The number of carbonyl (C=O) groups excluding carboxylic acids is 2. The van der Waals surface area contributed by atoms with Crippen LogP contribution < -0.4 is 10.9 Å². The van der Waals surface area contributed by atoms with Gasteiger partial charge in [0.1, 0.15) is 5.82 Å². The molecule has 0 aliphatic carbocycles. The summed E-state index contributed by atoms with van der Waals surface area (Å²) in [5.41, 5.74) is 6.47. The molecule has 7 nitrogen and oxygen atoms in total. The number of benzene rings is 2. The maximum absolute atomic E-state index is 13.0. The van der Waals surface area contributed by atoms with E-state index in [1.807, 2.05) is 0 Å². The third-order valence-electron chi connectivity index (χ3n) is 3.98. The number of halogens is 1. The van der Waals surface area contributed by atoms with Gasteiger partial charge in [-0.15, -0.1) is 21.5 Å². The molecule has 2 aromatic heterocycles. The third-order valence-corrected chi connectivity index (χ3v) is 5.11. The van der Waals surface area contributed by atoms with E-state index in [9.17, 15) is 14.0 Å². The second-order valence-electron chi connectivity index (χ2n) is 5.90. The Labute approximate surface area is 168 Å². The van der Waals surface area contributed by atoms with Crippen LogP contribution in [0.1, 0.15) is 20.0 Å². The second-order valence-corrected chi connectivity index (χ2v) is 6.99. The molecule has 4 aromatic rings. The summed E-state index contributed by atoms with van der Waals surface area (Å²) in [6, 6.07) is 16.0. The molecule has 2 heterocycles. The Hall–Kier alpha value is -3.85. The molecule has 0 unspecified atom stereocenters. The van der Waals surface area contributed by atoms with Crippen molar-refractivity contribution < 1.29 is 18.4 Å². The maximum Gasteiger partial charge on any atom is 0.279 e. The lowest BCUT2D eigenvalue weighted by Crippen LogP contribution is -2.41. The molecule has 29 heavy (non-hydrogen) atoms. The Kier molecular flexibility index (Phi) is 5.12. The van der Waals surface area contributed by atoms with E-state index in [-0.39, 0.29) is 11.7 Å². The number of nitrogens with one attached hydrogen (secondary N) is 2. The Morgan fingerprint density at radius 3 is 2.48 bits per heavy atom. The van der Waals surface area contributed by atoms with Gasteiger partial charge in [0.05, 0.1) is 4.88 Å². The molecule has 0 spiro atoms. The third kappa shape index (κ3) is 4.19. The molecule has 144 valence electrons. The summed E-state index contributed by atoms with van der Waals surface area (Å²) in [5, 5.41) is 7.40. The van der Waals surface area contributed by atoms with E-state index in [0.29, 0.717) is 16.0 Å². The highest BCUT2D eigenvalue weighted by atomic mass is 32.1. The first-order valence-electron chi connectivity index (χ1n) is 8.43. The molecule has 0 aliphatic heterocycles. The number of carbonyl (C=O) groups is 2. The molecule has 0 atom stereocenters. The number of hydrazine groups is 1. The summed E-state index contributed by atoms with van der Waals surface area (Å²) >= 11 is 1.23. The summed E-state index contributed by atoms with van der Waals surface area (Å²) in [7, 11) is 0. The van der Waals surface area contributed by atoms with E-state index in [1.165, 1.54) is 29.9 Å². The molecule has 2 amide bonds. The van der Waals surface area contributed by atoms with Gasteiger partial charge in [-0.05, 0) is 48.0 Å². The van der Waals surface area contributed by atoms with Gasteiger partial charge in [0, 0.05) is 16.0 Å². The van der Waals surface area contributed by atoms with Crippen molar-refractivity contribution in [3.63, 3.8) is 0 Å². The minimum Gasteiger partial charge on any atom is -0.423 e. The van der Waals surface area contributed by atoms with Crippen molar-refractivity contribution in [1.29, 1.82) is 0 Å². The zero-order valence-corrected chi connectivity index (χ0v) is 15.6. The number of aromatic nitrogens is 2. The molecule has 2 aromatic carbocycles. The average molecular weight is 408 g/mol. The topological polar surface area (TPSA) is 97.1 Å². The van der Waals surface area contributed by atoms with E-state index in [2.05, 4.69) is 21.0 Å². The van der Waals surface area contributed by atoms with Crippen LogP contribution >= 0.6 is 11.3 Å². The SMILES string of the molecule is O=C(NNC(=O)c1ccc(-c2ccc(F)cc2)s1)c1cccc(-c2nnco2)c1. The lowest BCUT2D eigenvalue weighted by Gasteiger charge is -2.07. The van der Waals surface area contributed by atoms with E-state index >= 15 is 0 Å². The van der Waals surface area contributed by atoms with Gasteiger partial charge >= 0.3 is 0 Å². The average Bonchev–Trinajstić information content (AvgIpc) is 3.45. The van der Waals surface area contributed by atoms with Gasteiger partial charge in [-0.1, -0.05) is 18.2 Å². The first-order chi connectivity index (χ1) is 14.1. The molecule has 2 N–H and O–H groups in total. The number of nitrogens with zero attached hydrogens (tertiary/aromatic N) is 2. The van der Waals surface area contributed by atoms with Crippen molar-refractivity contribution in [2.24, 2.45) is 0 Å². The van der Waals surface area contributed by atoms with Crippen molar-refractivity contribution >= 4 is 23.2 Å². The monoisotopic (exact) mass is 408 g/mol. The van der Waals surface area contributed by atoms with Crippen molar-refractivity contribution in [3.05, 3.63) is 83.3 Å². The van der Waals surface area contributed by atoms with Crippen molar-refractivity contribution in [1.82, 2.24) is 21.0 Å². The fraction of sp³-hybridized carbons (Fsp3) is 0. The molecule has 4 rings (SSSR count). The summed E-state index contributed by atoms with van der Waals surface area (Å²) < 4.78 is 18.2. The molecule has 0 saturated heterocycles. The highest BCUT2D eigenvalue weighted by Gasteiger charge is 2.13. The molecular formula is C20H13FN4O3S. The summed E-state index contributed by atoms with van der Waals surface area (Å²) in [5.74, 6) is -0.982. The first-order valence-corrected chi connectivity index (χ1v) is 9.25. The molecule has 0 bridgehead atoms. The predicted molar refractivity (Wildman–Crippen MR) is 104 cm³/mol. The van der Waals surface area contributed by atoms with Gasteiger partial charge in [0.2, 0.25) is 12.3 Å². The van der Waals surface area contributed by atoms with Crippen LogP contribution in [0.3, 0.4) is 0 Å². The first kappa shape index (κ1) is 18.5. The van der Waals surface area contributed by atoms with Gasteiger partial charge in [0.25, 0.3) is 11.8 Å². The van der Waals surface area contributed by atoms with Crippen LogP contribution in [0.2, 0.25) is 0 Å². The van der Waals surface area contributed by atoms with Crippen LogP contribution in [0.15, 0.2) is 71.5 Å². The molecule has 0 radical (unpaired) electrons. The van der Waals surface area contributed by atoms with Crippen LogP contribution in [0.25, 0.3) is 21.9 Å². The number of thiophene rings is 1. The van der Waals surface area contributed by atoms with Gasteiger partial charge in [-0.25, -0.2) is 4.39 Å². The van der Waals surface area contributed by atoms with E-state index in [4.69, 9.17) is 4.42 Å². The molecule has 0 fully saturated rings. The molecule has 0 aliphatic rings. The number of hydrogen-bond donors (Lipinski definition) is 2. The number of hydrogen-bond acceptors (Lipinski definition) is 6. The Morgan fingerprint density at radius 1 is 0.931 bits per heavy atom. The Bertz CT molecular complexity index is 1160. The van der Waals surface area contributed by atoms with E-state index < -0.39 is 11.8 Å². The highest BCUT2D eigenvalue weighted by molar-refractivity contribution is 7.17.